The molecule has 0 bridgehead atoms. The summed E-state index contributed by atoms with van der Waals surface area (Å²) in [6, 6.07) is 4.33. The van der Waals surface area contributed by atoms with E-state index in [1.807, 2.05) is 13.8 Å². The summed E-state index contributed by atoms with van der Waals surface area (Å²) in [5.74, 6) is 5.56. The summed E-state index contributed by atoms with van der Waals surface area (Å²) in [5.41, 5.74) is 2.88. The van der Waals surface area contributed by atoms with Crippen molar-refractivity contribution in [1.82, 2.24) is 5.43 Å². The zero-order valence-electron chi connectivity index (χ0n) is 10.4. The standard InChI is InChI=1S/C11H14F2N4O2/c1-6(2)15-10(17-14)16-7-3-4-8-9(5-7)19-11(12,13)18-8/h3-6H,14H2,1-2H3,(H2,15,16,17). The summed E-state index contributed by atoms with van der Waals surface area (Å²) in [6.45, 7) is 3.75. The number of aliphatic imine (C=N–C) groups is 1. The number of anilines is 1. The molecule has 0 saturated carbocycles. The van der Waals surface area contributed by atoms with Crippen molar-refractivity contribution in [3.63, 3.8) is 0 Å². The van der Waals surface area contributed by atoms with Gasteiger partial charge in [0.1, 0.15) is 0 Å². The van der Waals surface area contributed by atoms with Crippen LogP contribution in [-0.2, 0) is 0 Å². The van der Waals surface area contributed by atoms with Crippen molar-refractivity contribution in [2.24, 2.45) is 10.8 Å². The van der Waals surface area contributed by atoms with Gasteiger partial charge in [-0.2, -0.15) is 0 Å². The molecule has 2 rings (SSSR count). The number of hydrogen-bond acceptors (Lipinski definition) is 4. The van der Waals surface area contributed by atoms with Gasteiger partial charge in [-0.15, -0.1) is 8.78 Å². The normalized spacial score (nSPS) is 16.6. The zero-order valence-corrected chi connectivity index (χ0v) is 10.4. The van der Waals surface area contributed by atoms with Gasteiger partial charge in [0, 0.05) is 17.8 Å². The van der Waals surface area contributed by atoms with Crippen LogP contribution in [0.3, 0.4) is 0 Å². The zero-order chi connectivity index (χ0) is 14.0. The molecule has 0 aliphatic carbocycles. The van der Waals surface area contributed by atoms with Crippen LogP contribution in [0.2, 0.25) is 0 Å². The van der Waals surface area contributed by atoms with Crippen LogP contribution >= 0.6 is 0 Å². The highest BCUT2D eigenvalue weighted by Crippen LogP contribution is 2.42. The summed E-state index contributed by atoms with van der Waals surface area (Å²) in [6.07, 6.45) is -3.62. The van der Waals surface area contributed by atoms with E-state index >= 15 is 0 Å². The van der Waals surface area contributed by atoms with Crippen molar-refractivity contribution in [1.29, 1.82) is 0 Å². The number of fused-ring (bicyclic) bond motifs is 1. The van der Waals surface area contributed by atoms with Crippen molar-refractivity contribution in [2.75, 3.05) is 5.32 Å². The van der Waals surface area contributed by atoms with Crippen LogP contribution in [-0.4, -0.2) is 18.3 Å². The lowest BCUT2D eigenvalue weighted by molar-refractivity contribution is -0.286. The van der Waals surface area contributed by atoms with Gasteiger partial charge in [0.05, 0.1) is 0 Å². The van der Waals surface area contributed by atoms with Crippen molar-refractivity contribution in [3.8, 4) is 11.5 Å². The number of halogens is 2. The Morgan fingerprint density at radius 3 is 2.63 bits per heavy atom. The highest BCUT2D eigenvalue weighted by atomic mass is 19.3. The number of nitrogens with one attached hydrogen (secondary N) is 2. The van der Waals surface area contributed by atoms with E-state index in [1.165, 1.54) is 12.1 Å². The Kier molecular flexibility index (Phi) is 3.43. The van der Waals surface area contributed by atoms with Crippen molar-refractivity contribution in [2.45, 2.75) is 26.2 Å². The van der Waals surface area contributed by atoms with Crippen molar-refractivity contribution in [3.05, 3.63) is 18.2 Å². The molecule has 104 valence electrons. The molecule has 0 amide bonds. The van der Waals surface area contributed by atoms with Gasteiger partial charge in [-0.1, -0.05) is 0 Å². The Morgan fingerprint density at radius 2 is 2.00 bits per heavy atom. The molecule has 6 nitrogen and oxygen atoms in total. The van der Waals surface area contributed by atoms with Gasteiger partial charge in [-0.05, 0) is 26.0 Å². The third kappa shape index (κ3) is 3.22. The van der Waals surface area contributed by atoms with Crippen LogP contribution in [0.5, 0.6) is 11.5 Å². The number of ether oxygens (including phenoxy) is 2. The second kappa shape index (κ2) is 4.88. The van der Waals surface area contributed by atoms with Crippen molar-refractivity contribution >= 4 is 11.6 Å². The first-order valence-corrected chi connectivity index (χ1v) is 5.61. The molecule has 0 aromatic heterocycles. The van der Waals surface area contributed by atoms with E-state index in [2.05, 4.69) is 25.2 Å². The minimum atomic E-state index is -3.62. The molecule has 0 atom stereocenters. The largest absolute Gasteiger partial charge is 0.586 e. The van der Waals surface area contributed by atoms with Crippen molar-refractivity contribution < 1.29 is 18.3 Å². The maximum absolute atomic E-state index is 12.8. The number of hydrazine groups is 1. The number of hydrogen-bond donors (Lipinski definition) is 3. The third-order valence-corrected chi connectivity index (χ3v) is 2.19. The number of guanidine groups is 1. The molecule has 4 N–H and O–H groups in total. The van der Waals surface area contributed by atoms with E-state index in [1.54, 1.807) is 6.07 Å². The SMILES string of the molecule is CC(C)N=C(NN)Nc1ccc2c(c1)OC(F)(F)O2. The van der Waals surface area contributed by atoms with Gasteiger partial charge in [0.25, 0.3) is 0 Å². The van der Waals surface area contributed by atoms with Gasteiger partial charge in [0.15, 0.2) is 11.5 Å². The number of benzene rings is 1. The van der Waals surface area contributed by atoms with E-state index < -0.39 is 6.29 Å². The molecule has 19 heavy (non-hydrogen) atoms. The molecular weight excluding hydrogens is 258 g/mol. The summed E-state index contributed by atoms with van der Waals surface area (Å²) in [5, 5.41) is 2.85. The lowest BCUT2D eigenvalue weighted by atomic mass is 10.3. The smallest absolute Gasteiger partial charge is 0.395 e. The molecule has 1 aliphatic rings. The highest BCUT2D eigenvalue weighted by Gasteiger charge is 2.43. The van der Waals surface area contributed by atoms with Gasteiger partial charge in [-0.25, -0.2) is 10.8 Å². The number of alkyl halides is 2. The summed E-state index contributed by atoms with van der Waals surface area (Å²) in [4.78, 5) is 4.16. The summed E-state index contributed by atoms with van der Waals surface area (Å²) in [7, 11) is 0. The molecule has 0 fully saturated rings. The Labute approximate surface area is 108 Å². The Hall–Kier alpha value is -2.09. The lowest BCUT2D eigenvalue weighted by Crippen LogP contribution is -2.36. The van der Waals surface area contributed by atoms with Gasteiger partial charge >= 0.3 is 6.29 Å². The van der Waals surface area contributed by atoms with Crippen LogP contribution in [0.25, 0.3) is 0 Å². The Balaban J connectivity index is 2.16. The van der Waals surface area contributed by atoms with Gasteiger partial charge < -0.3 is 14.8 Å². The van der Waals surface area contributed by atoms with Crippen LogP contribution < -0.4 is 26.1 Å². The topological polar surface area (TPSA) is 80.9 Å². The van der Waals surface area contributed by atoms with Gasteiger partial charge in [-0.3, -0.25) is 5.43 Å². The first-order valence-electron chi connectivity index (χ1n) is 5.61. The molecule has 0 spiro atoms. The fourth-order valence-electron chi connectivity index (χ4n) is 1.53. The van der Waals surface area contributed by atoms with E-state index in [9.17, 15) is 8.78 Å². The predicted octanol–water partition coefficient (Wildman–Crippen LogP) is 1.65. The number of nitrogens with two attached hydrogens (primary N) is 1. The van der Waals surface area contributed by atoms with Crippen LogP contribution in [0.4, 0.5) is 14.5 Å². The molecule has 0 saturated heterocycles. The fraction of sp³-hybridized carbons (Fsp3) is 0.364. The van der Waals surface area contributed by atoms with E-state index in [4.69, 9.17) is 5.84 Å². The van der Waals surface area contributed by atoms with Crippen LogP contribution in [0.1, 0.15) is 13.8 Å². The molecule has 1 aliphatic heterocycles. The molecule has 8 heteroatoms. The quantitative estimate of drug-likeness (QED) is 0.330. The molecule has 1 aromatic rings. The Bertz CT molecular complexity index is 505. The minimum Gasteiger partial charge on any atom is -0.395 e. The van der Waals surface area contributed by atoms with Crippen LogP contribution in [0, 0.1) is 0 Å². The fourth-order valence-corrected chi connectivity index (χ4v) is 1.53. The van der Waals surface area contributed by atoms with Gasteiger partial charge in [0.2, 0.25) is 5.96 Å². The third-order valence-electron chi connectivity index (χ3n) is 2.19. The summed E-state index contributed by atoms with van der Waals surface area (Å²) >= 11 is 0. The predicted molar refractivity (Wildman–Crippen MR) is 66.2 cm³/mol. The number of rotatable bonds is 2. The Morgan fingerprint density at radius 1 is 1.32 bits per heavy atom. The maximum Gasteiger partial charge on any atom is 0.586 e. The maximum atomic E-state index is 12.8. The lowest BCUT2D eigenvalue weighted by Gasteiger charge is -2.10. The first-order chi connectivity index (χ1) is 8.89. The minimum absolute atomic E-state index is 0.0152. The highest BCUT2D eigenvalue weighted by molar-refractivity contribution is 5.93. The summed E-state index contributed by atoms with van der Waals surface area (Å²) < 4.78 is 34.3. The molecular formula is C11H14F2N4O2. The van der Waals surface area contributed by atoms with Crippen LogP contribution in [0.15, 0.2) is 23.2 Å². The average molecular weight is 272 g/mol. The monoisotopic (exact) mass is 272 g/mol. The average Bonchev–Trinajstić information content (AvgIpc) is 2.60. The molecule has 1 heterocycles. The molecule has 0 unspecified atom stereocenters. The molecule has 0 radical (unpaired) electrons. The number of nitrogens with zero attached hydrogens (tertiary/aromatic N) is 1. The first kappa shape index (κ1) is 13.3. The second-order valence-electron chi connectivity index (χ2n) is 4.17. The second-order valence-corrected chi connectivity index (χ2v) is 4.17. The van der Waals surface area contributed by atoms with E-state index in [0.717, 1.165) is 0 Å². The molecule has 1 aromatic carbocycles. The van der Waals surface area contributed by atoms with E-state index in [0.29, 0.717) is 11.6 Å². The van der Waals surface area contributed by atoms with E-state index in [-0.39, 0.29) is 17.5 Å².